The van der Waals surface area contributed by atoms with Gasteiger partial charge in [0.2, 0.25) is 11.9 Å². The van der Waals surface area contributed by atoms with E-state index in [0.29, 0.717) is 36.2 Å². The normalized spacial score (nSPS) is 24.2. The van der Waals surface area contributed by atoms with Crippen molar-refractivity contribution in [2.45, 2.75) is 56.4 Å². The molecule has 1 aromatic carbocycles. The van der Waals surface area contributed by atoms with E-state index >= 15 is 4.39 Å². The van der Waals surface area contributed by atoms with Crippen LogP contribution in [0.3, 0.4) is 0 Å². The summed E-state index contributed by atoms with van der Waals surface area (Å²) in [6, 6.07) is 6.26. The van der Waals surface area contributed by atoms with Gasteiger partial charge in [-0.25, -0.2) is 9.37 Å². The van der Waals surface area contributed by atoms with Crippen molar-refractivity contribution >= 4 is 34.9 Å². The van der Waals surface area contributed by atoms with Crippen molar-refractivity contribution in [2.75, 3.05) is 54.0 Å². The zero-order chi connectivity index (χ0) is 30.7. The Kier molecular flexibility index (Phi) is 6.77. The number of aryl methyl sites for hydroxylation is 1. The zero-order valence-corrected chi connectivity index (χ0v) is 25.2. The molecule has 11 nitrogen and oxygen atoms in total. The molecule has 1 saturated carbocycles. The van der Waals surface area contributed by atoms with Crippen molar-refractivity contribution in [3.05, 3.63) is 65.1 Å². The number of carboxylic acid groups (broad SMARTS) is 1. The summed E-state index contributed by atoms with van der Waals surface area (Å²) < 4.78 is 17.0. The van der Waals surface area contributed by atoms with Gasteiger partial charge >= 0.3 is 5.97 Å². The molecule has 0 spiro atoms. The Bertz CT molecular complexity index is 1730. The van der Waals surface area contributed by atoms with E-state index in [1.807, 2.05) is 9.80 Å². The molecule has 0 radical (unpaired) electrons. The molecular weight excluding hydrogens is 573 g/mol. The maximum Gasteiger partial charge on any atom is 0.322 e. The fourth-order valence-electron chi connectivity index (χ4n) is 7.36. The molecule has 5 N–H and O–H groups in total. The highest BCUT2D eigenvalue weighted by Gasteiger charge is 2.39. The number of aromatic nitrogens is 4. The summed E-state index contributed by atoms with van der Waals surface area (Å²) in [6.45, 7) is 3.13. The molecule has 1 unspecified atom stereocenters. The number of nitrogens with zero attached hydrogens (tertiary/aromatic N) is 6. The van der Waals surface area contributed by atoms with Crippen LogP contribution in [0.25, 0.3) is 5.82 Å². The Morgan fingerprint density at radius 2 is 2.09 bits per heavy atom. The number of nitrogens with one attached hydrogen (secondary N) is 2. The molecule has 2 bridgehead atoms. The van der Waals surface area contributed by atoms with Gasteiger partial charge in [-0.2, -0.15) is 9.67 Å². The Morgan fingerprint density at radius 1 is 1.20 bits per heavy atom. The number of piperazine rings is 1. The summed E-state index contributed by atoms with van der Waals surface area (Å²) in [5, 5.41) is 21.2. The number of carboxylic acids is 1. The molecule has 2 fully saturated rings. The van der Waals surface area contributed by atoms with Crippen molar-refractivity contribution in [1.29, 1.82) is 0 Å². The van der Waals surface area contributed by atoms with E-state index in [1.54, 1.807) is 16.8 Å². The first-order valence-corrected chi connectivity index (χ1v) is 16.0. The molecule has 4 aliphatic carbocycles. The molecular formula is C33H38FN9O2. The van der Waals surface area contributed by atoms with Crippen LogP contribution in [0.4, 0.5) is 33.3 Å². The van der Waals surface area contributed by atoms with Crippen molar-refractivity contribution in [3.8, 4) is 5.82 Å². The SMILES string of the molecule is Nc1nc(Nc2ccc(N3CCN(CC4CC4)[C@H](C(=O)O)C3)c(F)c2)nn1-c1cc(C23C=CC(=CC2)CC3)c2c(n1)CCCN2. The Morgan fingerprint density at radius 3 is 2.82 bits per heavy atom. The molecule has 6 aliphatic rings. The number of anilines is 5. The third-order valence-electron chi connectivity index (χ3n) is 10.1. The largest absolute Gasteiger partial charge is 0.480 e. The molecule has 0 amide bonds. The number of nitrogen functional groups attached to an aromatic ring is 1. The number of hydrogen-bond donors (Lipinski definition) is 4. The average molecular weight is 612 g/mol. The van der Waals surface area contributed by atoms with Crippen LogP contribution in [0, 0.1) is 11.7 Å². The van der Waals surface area contributed by atoms with Gasteiger partial charge in [-0.1, -0.05) is 23.8 Å². The molecule has 9 rings (SSSR count). The highest BCUT2D eigenvalue weighted by molar-refractivity contribution is 5.75. The predicted octanol–water partition coefficient (Wildman–Crippen LogP) is 4.39. The van der Waals surface area contributed by atoms with Gasteiger partial charge in [0.25, 0.3) is 0 Å². The van der Waals surface area contributed by atoms with E-state index < -0.39 is 17.8 Å². The summed E-state index contributed by atoms with van der Waals surface area (Å²) in [4.78, 5) is 25.2. The van der Waals surface area contributed by atoms with Gasteiger partial charge in [-0.15, -0.1) is 5.10 Å². The summed E-state index contributed by atoms with van der Waals surface area (Å²) in [7, 11) is 0. The van der Waals surface area contributed by atoms with Crippen LogP contribution in [-0.2, 0) is 16.6 Å². The minimum Gasteiger partial charge on any atom is -0.480 e. The van der Waals surface area contributed by atoms with Gasteiger partial charge in [0.05, 0.1) is 17.1 Å². The number of hydrogen-bond acceptors (Lipinski definition) is 9. The van der Waals surface area contributed by atoms with Crippen LogP contribution >= 0.6 is 0 Å². The Hall–Kier alpha value is -4.45. The molecule has 2 atom stereocenters. The lowest BCUT2D eigenvalue weighted by Crippen LogP contribution is -2.57. The molecule has 1 saturated heterocycles. The molecule has 4 heterocycles. The van der Waals surface area contributed by atoms with Crippen LogP contribution in [0.15, 0.2) is 48.1 Å². The summed E-state index contributed by atoms with van der Waals surface area (Å²) >= 11 is 0. The molecule has 2 aliphatic heterocycles. The topological polar surface area (TPSA) is 137 Å². The van der Waals surface area contributed by atoms with Crippen LogP contribution in [0.2, 0.25) is 0 Å². The van der Waals surface area contributed by atoms with Crippen LogP contribution in [0.5, 0.6) is 0 Å². The standard InChI is InChI=1S/C33H38FN9O2/c34-24-16-22(5-6-26(24)42-15-14-41(18-21-3-4-21)27(19-42)30(44)45)37-32-39-31(35)43(40-32)28-17-23(29-25(38-28)2-1-13-36-29)33-10-7-20(8-11-33)9-12-33/h5-8,10,16-17,21,27,36H,1-4,9,11-15,18-19H2,(H,44,45)(H3,35,37,39,40)/t27-,33?/m0/s1. The van der Waals surface area contributed by atoms with Gasteiger partial charge < -0.3 is 26.4 Å². The van der Waals surface area contributed by atoms with Crippen molar-refractivity contribution in [1.82, 2.24) is 24.6 Å². The first-order valence-electron chi connectivity index (χ1n) is 16.0. The number of pyridine rings is 1. The van der Waals surface area contributed by atoms with E-state index in [0.717, 1.165) is 69.4 Å². The minimum absolute atomic E-state index is 0.0854. The Balaban J connectivity index is 1.03. The summed E-state index contributed by atoms with van der Waals surface area (Å²) in [6.07, 6.45) is 14.2. The molecule has 3 aromatic rings. The third-order valence-corrected chi connectivity index (χ3v) is 10.1. The monoisotopic (exact) mass is 611 g/mol. The quantitative estimate of drug-likeness (QED) is 0.290. The van der Waals surface area contributed by atoms with Gasteiger partial charge in [0.1, 0.15) is 11.9 Å². The highest BCUT2D eigenvalue weighted by atomic mass is 19.1. The molecule has 12 heteroatoms. The molecule has 45 heavy (non-hydrogen) atoms. The zero-order valence-electron chi connectivity index (χ0n) is 25.2. The predicted molar refractivity (Wildman–Crippen MR) is 171 cm³/mol. The number of allylic oxidation sites excluding steroid dienone is 4. The lowest BCUT2D eigenvalue weighted by Gasteiger charge is -2.40. The Labute approximate surface area is 261 Å². The van der Waals surface area contributed by atoms with E-state index in [-0.39, 0.29) is 23.9 Å². The van der Waals surface area contributed by atoms with Crippen LogP contribution < -0.4 is 21.3 Å². The second-order valence-electron chi connectivity index (χ2n) is 13.1. The number of halogens is 1. The van der Waals surface area contributed by atoms with Crippen molar-refractivity contribution in [2.24, 2.45) is 5.92 Å². The van der Waals surface area contributed by atoms with Gasteiger partial charge in [-0.3, -0.25) is 9.69 Å². The number of aliphatic carboxylic acids is 1. The molecule has 234 valence electrons. The van der Waals surface area contributed by atoms with Gasteiger partial charge in [0.15, 0.2) is 5.82 Å². The maximum absolute atomic E-state index is 15.4. The number of nitrogens with two attached hydrogens (primary N) is 1. The maximum atomic E-state index is 15.4. The lowest BCUT2D eigenvalue weighted by molar-refractivity contribution is -0.143. The van der Waals surface area contributed by atoms with Crippen LogP contribution in [-0.4, -0.2) is 74.5 Å². The summed E-state index contributed by atoms with van der Waals surface area (Å²) in [5.41, 5.74) is 11.9. The number of rotatable bonds is 8. The number of carbonyl (C=O) groups is 1. The first kappa shape index (κ1) is 28.1. The second kappa shape index (κ2) is 10.9. The van der Waals surface area contributed by atoms with E-state index in [4.69, 9.17) is 10.7 Å². The smallest absolute Gasteiger partial charge is 0.322 e. The summed E-state index contributed by atoms with van der Waals surface area (Å²) in [5.74, 6) is 0.321. The number of benzene rings is 1. The number of fused-ring (bicyclic) bond motifs is 3. The first-order chi connectivity index (χ1) is 21.8. The van der Waals surface area contributed by atoms with Crippen LogP contribution in [0.1, 0.15) is 49.8 Å². The average Bonchev–Trinajstić information content (AvgIpc) is 3.80. The van der Waals surface area contributed by atoms with Crippen molar-refractivity contribution in [3.63, 3.8) is 0 Å². The minimum atomic E-state index is -0.866. The van der Waals surface area contributed by atoms with Gasteiger partial charge in [-0.05, 0) is 80.7 Å². The fraction of sp³-hybridized carbons (Fsp3) is 0.455. The molecule has 2 aromatic heterocycles. The van der Waals surface area contributed by atoms with E-state index in [9.17, 15) is 9.90 Å². The van der Waals surface area contributed by atoms with Gasteiger partial charge in [0, 0.05) is 43.8 Å². The lowest BCUT2D eigenvalue weighted by atomic mass is 9.65. The van der Waals surface area contributed by atoms with E-state index in [2.05, 4.69) is 45.0 Å². The van der Waals surface area contributed by atoms with E-state index in [1.165, 1.54) is 17.2 Å². The van der Waals surface area contributed by atoms with Crippen molar-refractivity contribution < 1.29 is 14.3 Å². The third kappa shape index (κ3) is 5.20. The second-order valence-corrected chi connectivity index (χ2v) is 13.1. The fourth-order valence-corrected chi connectivity index (χ4v) is 7.36. The highest BCUT2D eigenvalue weighted by Crippen LogP contribution is 2.48.